The first-order valence-electron chi connectivity index (χ1n) is 9.04. The van der Waals surface area contributed by atoms with Crippen LogP contribution in [0.5, 0.6) is 0 Å². The fourth-order valence-corrected chi connectivity index (χ4v) is 4.13. The first-order chi connectivity index (χ1) is 13.7. The molecule has 0 spiro atoms. The molecule has 0 saturated carbocycles. The molecule has 1 fully saturated rings. The second-order valence-electron chi connectivity index (χ2n) is 6.42. The molecule has 3 heterocycles. The molecule has 0 unspecified atom stereocenters. The molecule has 10 heteroatoms. The van der Waals surface area contributed by atoms with Crippen molar-refractivity contribution in [1.82, 2.24) is 9.97 Å². The third-order valence-corrected chi connectivity index (χ3v) is 5.58. The van der Waals surface area contributed by atoms with Crippen molar-refractivity contribution in [2.24, 2.45) is 5.10 Å². The van der Waals surface area contributed by atoms with Crippen molar-refractivity contribution in [2.45, 2.75) is 12.2 Å². The number of aromatic nitrogens is 2. The van der Waals surface area contributed by atoms with E-state index in [4.69, 9.17) is 9.72 Å². The van der Waals surface area contributed by atoms with Crippen molar-refractivity contribution >= 4 is 35.4 Å². The van der Waals surface area contributed by atoms with Gasteiger partial charge in [0.15, 0.2) is 0 Å². The molecular weight excluding hydrogens is 380 g/mol. The molecule has 0 radical (unpaired) electrons. The smallest absolute Gasteiger partial charge is 0.269 e. The number of hydrazone groups is 1. The summed E-state index contributed by atoms with van der Waals surface area (Å²) in [6.07, 6.45) is 2.51. The van der Waals surface area contributed by atoms with Crippen LogP contribution in [-0.2, 0) is 16.9 Å². The number of morpholine rings is 1. The topological polar surface area (TPSA) is 106 Å². The predicted molar refractivity (Wildman–Crippen MR) is 109 cm³/mol. The van der Waals surface area contributed by atoms with E-state index < -0.39 is 4.92 Å². The molecule has 4 rings (SSSR count). The van der Waals surface area contributed by atoms with Crippen LogP contribution in [0.25, 0.3) is 0 Å². The summed E-state index contributed by atoms with van der Waals surface area (Å²) in [6, 6.07) is 6.19. The lowest BCUT2D eigenvalue weighted by atomic mass is 10.1. The van der Waals surface area contributed by atoms with E-state index in [2.05, 4.69) is 20.4 Å². The number of aryl methyl sites for hydroxylation is 1. The molecule has 0 bridgehead atoms. The zero-order valence-electron chi connectivity index (χ0n) is 15.2. The van der Waals surface area contributed by atoms with Crippen LogP contribution in [0.1, 0.15) is 16.8 Å². The molecule has 0 amide bonds. The van der Waals surface area contributed by atoms with Crippen molar-refractivity contribution in [1.29, 1.82) is 0 Å². The lowest BCUT2D eigenvalue weighted by molar-refractivity contribution is -0.384. The minimum absolute atomic E-state index is 0.0520. The Balaban J connectivity index is 1.53. The van der Waals surface area contributed by atoms with E-state index in [1.54, 1.807) is 18.3 Å². The van der Waals surface area contributed by atoms with Crippen LogP contribution in [0.4, 0.5) is 17.5 Å². The number of nitro groups is 1. The van der Waals surface area contributed by atoms with Gasteiger partial charge in [-0.25, -0.2) is 10.4 Å². The Hall–Kier alpha value is -2.72. The molecule has 1 aromatic heterocycles. The van der Waals surface area contributed by atoms with Gasteiger partial charge in [-0.1, -0.05) is 0 Å². The first kappa shape index (κ1) is 18.6. The Kier molecular flexibility index (Phi) is 5.68. The van der Waals surface area contributed by atoms with Gasteiger partial charge in [-0.05, 0) is 29.9 Å². The number of thioether (sulfide) groups is 1. The Morgan fingerprint density at radius 1 is 1.25 bits per heavy atom. The third-order valence-electron chi connectivity index (χ3n) is 4.59. The first-order valence-corrected chi connectivity index (χ1v) is 10.2. The normalized spacial score (nSPS) is 16.8. The van der Waals surface area contributed by atoms with Crippen LogP contribution in [-0.4, -0.2) is 53.2 Å². The maximum atomic E-state index is 10.7. The van der Waals surface area contributed by atoms with E-state index in [9.17, 15) is 10.1 Å². The molecule has 1 aromatic carbocycles. The molecule has 146 valence electrons. The molecule has 2 aliphatic heterocycles. The van der Waals surface area contributed by atoms with Crippen LogP contribution in [0, 0.1) is 10.1 Å². The van der Waals surface area contributed by atoms with E-state index in [-0.39, 0.29) is 5.69 Å². The highest BCUT2D eigenvalue weighted by Crippen LogP contribution is 2.31. The molecule has 2 aliphatic rings. The molecule has 1 saturated heterocycles. The summed E-state index contributed by atoms with van der Waals surface area (Å²) in [4.78, 5) is 21.9. The van der Waals surface area contributed by atoms with Crippen LogP contribution in [0.2, 0.25) is 0 Å². The van der Waals surface area contributed by atoms with E-state index in [0.717, 1.165) is 48.1 Å². The Morgan fingerprint density at radius 3 is 2.79 bits per heavy atom. The minimum atomic E-state index is -0.425. The number of benzene rings is 1. The lowest BCUT2D eigenvalue weighted by Crippen LogP contribution is -2.38. The summed E-state index contributed by atoms with van der Waals surface area (Å²) in [5.41, 5.74) is 6.00. The van der Waals surface area contributed by atoms with Crippen LogP contribution >= 0.6 is 11.8 Å². The maximum absolute atomic E-state index is 10.7. The van der Waals surface area contributed by atoms with Gasteiger partial charge in [-0.3, -0.25) is 10.1 Å². The van der Waals surface area contributed by atoms with Gasteiger partial charge in [0.1, 0.15) is 5.82 Å². The highest BCUT2D eigenvalue weighted by atomic mass is 32.2. The molecule has 9 nitrogen and oxygen atoms in total. The van der Waals surface area contributed by atoms with Crippen molar-refractivity contribution < 1.29 is 9.66 Å². The Morgan fingerprint density at radius 2 is 2.04 bits per heavy atom. The number of nitrogens with one attached hydrogen (secondary N) is 1. The summed E-state index contributed by atoms with van der Waals surface area (Å²) in [5, 5.41) is 14.9. The van der Waals surface area contributed by atoms with E-state index >= 15 is 0 Å². The summed E-state index contributed by atoms with van der Waals surface area (Å²) >= 11 is 1.90. The highest BCUT2D eigenvalue weighted by molar-refractivity contribution is 7.98. The Bertz CT molecular complexity index is 884. The quantitative estimate of drug-likeness (QED) is 0.463. The van der Waals surface area contributed by atoms with Crippen LogP contribution < -0.4 is 10.3 Å². The number of fused-ring (bicyclic) bond motifs is 1. The molecule has 0 atom stereocenters. The van der Waals surface area contributed by atoms with E-state index in [1.165, 1.54) is 17.7 Å². The van der Waals surface area contributed by atoms with Crippen molar-refractivity contribution in [2.75, 3.05) is 42.4 Å². The molecular formula is C18H20N6O3S. The van der Waals surface area contributed by atoms with Gasteiger partial charge in [-0.2, -0.15) is 21.8 Å². The average Bonchev–Trinajstić information content (AvgIpc) is 2.74. The largest absolute Gasteiger partial charge is 0.378 e. The van der Waals surface area contributed by atoms with Gasteiger partial charge in [0.25, 0.3) is 5.69 Å². The van der Waals surface area contributed by atoms with Crippen molar-refractivity contribution in [3.63, 3.8) is 0 Å². The number of anilines is 2. The van der Waals surface area contributed by atoms with Gasteiger partial charge in [0, 0.05) is 36.5 Å². The maximum Gasteiger partial charge on any atom is 0.269 e. The number of rotatable bonds is 5. The second-order valence-corrected chi connectivity index (χ2v) is 7.52. The van der Waals surface area contributed by atoms with Gasteiger partial charge >= 0.3 is 0 Å². The molecule has 28 heavy (non-hydrogen) atoms. The fourth-order valence-electron chi connectivity index (χ4n) is 3.15. The number of hydrogen-bond donors (Lipinski definition) is 1. The lowest BCUT2D eigenvalue weighted by Gasteiger charge is -2.31. The predicted octanol–water partition coefficient (Wildman–Crippen LogP) is 2.46. The fraction of sp³-hybridized carbons (Fsp3) is 0.389. The van der Waals surface area contributed by atoms with Gasteiger partial charge < -0.3 is 9.64 Å². The van der Waals surface area contributed by atoms with Crippen molar-refractivity contribution in [3.8, 4) is 0 Å². The average molecular weight is 400 g/mol. The number of non-ortho nitro benzene ring substituents is 1. The summed E-state index contributed by atoms with van der Waals surface area (Å²) in [6.45, 7) is 3.04. The van der Waals surface area contributed by atoms with Crippen LogP contribution in [0.15, 0.2) is 29.4 Å². The van der Waals surface area contributed by atoms with Gasteiger partial charge in [0.2, 0.25) is 5.95 Å². The van der Waals surface area contributed by atoms with E-state index in [1.807, 2.05) is 11.8 Å². The summed E-state index contributed by atoms with van der Waals surface area (Å²) < 4.78 is 5.46. The third kappa shape index (κ3) is 4.23. The second kappa shape index (κ2) is 8.53. The zero-order valence-corrected chi connectivity index (χ0v) is 16.0. The SMILES string of the molecule is O=[N+]([O-])c1ccc(/C=N/Nc2nc3c(c(N4CCOCC4)n2)CSCC3)cc1. The van der Waals surface area contributed by atoms with Crippen LogP contribution in [0.3, 0.4) is 0 Å². The number of nitrogens with zero attached hydrogens (tertiary/aromatic N) is 5. The number of hydrogen-bond acceptors (Lipinski definition) is 9. The number of nitro benzene ring substituents is 1. The monoisotopic (exact) mass is 400 g/mol. The molecule has 2 aromatic rings. The standard InChI is InChI=1S/C18H20N6O3S/c25-24(26)14-3-1-13(2-4-14)11-19-22-18-20-16-5-10-28-12-15(16)17(21-18)23-6-8-27-9-7-23/h1-4,11H,5-10,12H2,(H,20,21,22)/b19-11+. The Labute approximate surface area is 166 Å². The highest BCUT2D eigenvalue weighted by Gasteiger charge is 2.23. The van der Waals surface area contributed by atoms with Crippen molar-refractivity contribution in [3.05, 3.63) is 51.2 Å². The number of ether oxygens (including phenoxy) is 1. The zero-order chi connectivity index (χ0) is 19.3. The van der Waals surface area contributed by atoms with Gasteiger partial charge in [0.05, 0.1) is 30.0 Å². The van der Waals surface area contributed by atoms with Gasteiger partial charge in [-0.15, -0.1) is 0 Å². The van der Waals surface area contributed by atoms with E-state index in [0.29, 0.717) is 19.2 Å². The minimum Gasteiger partial charge on any atom is -0.378 e. The molecule has 0 aliphatic carbocycles. The summed E-state index contributed by atoms with van der Waals surface area (Å²) in [5.74, 6) is 3.41. The molecule has 1 N–H and O–H groups in total. The summed E-state index contributed by atoms with van der Waals surface area (Å²) in [7, 11) is 0.